The van der Waals surface area contributed by atoms with Crippen molar-refractivity contribution in [2.45, 2.75) is 6.92 Å². The number of rotatable bonds is 0. The van der Waals surface area contributed by atoms with E-state index in [0.29, 0.717) is 0 Å². The van der Waals surface area contributed by atoms with Crippen molar-refractivity contribution in [2.24, 2.45) is 7.05 Å². The topological polar surface area (TPSA) is 30.7 Å². The number of imidazole rings is 1. The first kappa shape index (κ1) is 6.34. The highest BCUT2D eigenvalue weighted by Crippen LogP contribution is 2.12. The minimum Gasteiger partial charge on any atom is -0.332 e. The summed E-state index contributed by atoms with van der Waals surface area (Å²) >= 11 is 0. The Morgan fingerprint density at radius 2 is 2.18 bits per heavy atom. The monoisotopic (exact) mass is 147 g/mol. The fourth-order valence-electron chi connectivity index (χ4n) is 1.27. The largest absolute Gasteiger partial charge is 0.332 e. The lowest BCUT2D eigenvalue weighted by Crippen LogP contribution is -1.87. The Morgan fingerprint density at radius 3 is 2.91 bits per heavy atom. The van der Waals surface area contributed by atoms with Gasteiger partial charge in [-0.3, -0.25) is 0 Å². The van der Waals surface area contributed by atoms with Gasteiger partial charge in [0, 0.05) is 13.2 Å². The molecule has 0 bridgehead atoms. The number of fused-ring (bicyclic) bond motifs is 1. The van der Waals surface area contributed by atoms with Crippen LogP contribution >= 0.6 is 0 Å². The van der Waals surface area contributed by atoms with Gasteiger partial charge in [0.1, 0.15) is 0 Å². The van der Waals surface area contributed by atoms with Crippen LogP contribution in [0.1, 0.15) is 5.56 Å². The van der Waals surface area contributed by atoms with Gasteiger partial charge >= 0.3 is 0 Å². The van der Waals surface area contributed by atoms with Crippen LogP contribution in [0.15, 0.2) is 18.6 Å². The molecule has 56 valence electrons. The van der Waals surface area contributed by atoms with Crippen LogP contribution in [0.2, 0.25) is 0 Å². The van der Waals surface area contributed by atoms with Gasteiger partial charge in [0.15, 0.2) is 5.65 Å². The SMILES string of the molecule is Cc1ccnc2ncn(C)c12. The Bertz CT molecular complexity index is 389. The molecule has 0 radical (unpaired) electrons. The van der Waals surface area contributed by atoms with Gasteiger partial charge in [-0.2, -0.15) is 0 Å². The summed E-state index contributed by atoms with van der Waals surface area (Å²) in [6, 6.07) is 1.99. The van der Waals surface area contributed by atoms with Crippen molar-refractivity contribution in [2.75, 3.05) is 0 Å². The lowest BCUT2D eigenvalue weighted by Gasteiger charge is -1.96. The van der Waals surface area contributed by atoms with E-state index in [2.05, 4.69) is 16.9 Å². The van der Waals surface area contributed by atoms with E-state index >= 15 is 0 Å². The maximum Gasteiger partial charge on any atom is 0.177 e. The second-order valence-corrected chi connectivity index (χ2v) is 2.66. The zero-order valence-corrected chi connectivity index (χ0v) is 6.57. The molecule has 3 heteroatoms. The number of nitrogens with zero attached hydrogens (tertiary/aromatic N) is 3. The molecule has 2 rings (SSSR count). The Hall–Kier alpha value is -1.38. The van der Waals surface area contributed by atoms with E-state index in [1.807, 2.05) is 17.7 Å². The molecule has 0 saturated carbocycles. The molecule has 2 aromatic heterocycles. The Morgan fingerprint density at radius 1 is 1.36 bits per heavy atom. The van der Waals surface area contributed by atoms with E-state index in [1.165, 1.54) is 5.56 Å². The Labute approximate surface area is 64.7 Å². The first-order chi connectivity index (χ1) is 5.29. The van der Waals surface area contributed by atoms with E-state index < -0.39 is 0 Å². The standard InChI is InChI=1S/C8H9N3/c1-6-3-4-9-8-7(6)11(2)5-10-8/h3-5H,1-2H3. The molecule has 2 heterocycles. The third-order valence-corrected chi connectivity index (χ3v) is 1.81. The molecule has 0 unspecified atom stereocenters. The van der Waals surface area contributed by atoms with E-state index in [-0.39, 0.29) is 0 Å². The van der Waals surface area contributed by atoms with Gasteiger partial charge in [0.05, 0.1) is 11.8 Å². The summed E-state index contributed by atoms with van der Waals surface area (Å²) in [4.78, 5) is 8.26. The molecule has 2 aromatic rings. The third-order valence-electron chi connectivity index (χ3n) is 1.81. The molecule has 11 heavy (non-hydrogen) atoms. The summed E-state index contributed by atoms with van der Waals surface area (Å²) in [6.07, 6.45) is 3.56. The van der Waals surface area contributed by atoms with E-state index in [4.69, 9.17) is 0 Å². The summed E-state index contributed by atoms with van der Waals surface area (Å²) in [5, 5.41) is 0. The minimum atomic E-state index is 0.826. The average molecular weight is 147 g/mol. The normalized spacial score (nSPS) is 10.7. The van der Waals surface area contributed by atoms with Crippen molar-refractivity contribution >= 4 is 11.2 Å². The molecule has 0 fully saturated rings. The first-order valence-corrected chi connectivity index (χ1v) is 3.51. The van der Waals surface area contributed by atoms with E-state index in [1.54, 1.807) is 12.5 Å². The molecule has 0 saturated heterocycles. The van der Waals surface area contributed by atoms with Crippen molar-refractivity contribution in [1.29, 1.82) is 0 Å². The molecule has 0 aromatic carbocycles. The van der Waals surface area contributed by atoms with Gasteiger partial charge < -0.3 is 4.57 Å². The fourth-order valence-corrected chi connectivity index (χ4v) is 1.27. The summed E-state index contributed by atoms with van der Waals surface area (Å²) in [7, 11) is 1.98. The van der Waals surface area contributed by atoms with Crippen molar-refractivity contribution < 1.29 is 0 Å². The van der Waals surface area contributed by atoms with Crippen LogP contribution in [0.25, 0.3) is 11.2 Å². The van der Waals surface area contributed by atoms with Crippen molar-refractivity contribution in [3.8, 4) is 0 Å². The van der Waals surface area contributed by atoms with Gasteiger partial charge in [-0.1, -0.05) is 0 Å². The van der Waals surface area contributed by atoms with Gasteiger partial charge in [-0.25, -0.2) is 9.97 Å². The van der Waals surface area contributed by atoms with E-state index in [9.17, 15) is 0 Å². The van der Waals surface area contributed by atoms with Crippen LogP contribution in [0.4, 0.5) is 0 Å². The van der Waals surface area contributed by atoms with Crippen LogP contribution in [0, 0.1) is 6.92 Å². The van der Waals surface area contributed by atoms with Crippen molar-refractivity contribution in [3.05, 3.63) is 24.2 Å². The molecule has 0 amide bonds. The number of hydrogen-bond acceptors (Lipinski definition) is 2. The molecule has 0 N–H and O–H groups in total. The molecular formula is C8H9N3. The third kappa shape index (κ3) is 0.808. The minimum absolute atomic E-state index is 0.826. The van der Waals surface area contributed by atoms with Gasteiger partial charge in [-0.05, 0) is 18.6 Å². The quantitative estimate of drug-likeness (QED) is 0.562. The first-order valence-electron chi connectivity index (χ1n) is 3.51. The second-order valence-electron chi connectivity index (χ2n) is 2.66. The van der Waals surface area contributed by atoms with E-state index in [0.717, 1.165) is 11.2 Å². The highest BCUT2D eigenvalue weighted by atomic mass is 15.1. The second kappa shape index (κ2) is 2.05. The van der Waals surface area contributed by atoms with Crippen molar-refractivity contribution in [1.82, 2.24) is 14.5 Å². The zero-order valence-electron chi connectivity index (χ0n) is 6.57. The van der Waals surface area contributed by atoms with Crippen LogP contribution < -0.4 is 0 Å². The highest BCUT2D eigenvalue weighted by Gasteiger charge is 2.01. The summed E-state index contributed by atoms with van der Waals surface area (Å²) in [6.45, 7) is 2.06. The highest BCUT2D eigenvalue weighted by molar-refractivity contribution is 5.74. The average Bonchev–Trinajstić information content (AvgIpc) is 2.34. The van der Waals surface area contributed by atoms with Crippen LogP contribution in [-0.2, 0) is 7.05 Å². The number of hydrogen-bond donors (Lipinski definition) is 0. The predicted octanol–water partition coefficient (Wildman–Crippen LogP) is 1.28. The van der Waals surface area contributed by atoms with Crippen molar-refractivity contribution in [3.63, 3.8) is 0 Å². The number of aryl methyl sites for hydroxylation is 2. The maximum absolute atomic E-state index is 4.13. The Kier molecular flexibility index (Phi) is 1.18. The number of aromatic nitrogens is 3. The lowest BCUT2D eigenvalue weighted by atomic mass is 10.3. The predicted molar refractivity (Wildman–Crippen MR) is 43.2 cm³/mol. The Balaban J connectivity index is 2.96. The van der Waals surface area contributed by atoms with Gasteiger partial charge in [0.25, 0.3) is 0 Å². The lowest BCUT2D eigenvalue weighted by molar-refractivity contribution is 0.943. The molecule has 3 nitrogen and oxygen atoms in total. The van der Waals surface area contributed by atoms with Crippen LogP contribution in [0.3, 0.4) is 0 Å². The van der Waals surface area contributed by atoms with Crippen LogP contribution in [-0.4, -0.2) is 14.5 Å². The van der Waals surface area contributed by atoms with Crippen LogP contribution in [0.5, 0.6) is 0 Å². The molecule has 0 aliphatic heterocycles. The molecule has 0 atom stereocenters. The van der Waals surface area contributed by atoms with Gasteiger partial charge in [-0.15, -0.1) is 0 Å². The smallest absolute Gasteiger partial charge is 0.177 e. The van der Waals surface area contributed by atoms with Gasteiger partial charge in [0.2, 0.25) is 0 Å². The maximum atomic E-state index is 4.13. The molecular weight excluding hydrogens is 138 g/mol. The molecule has 0 aliphatic carbocycles. The fraction of sp³-hybridized carbons (Fsp3) is 0.250. The summed E-state index contributed by atoms with van der Waals surface area (Å²) in [5.41, 5.74) is 3.16. The number of pyridine rings is 1. The molecule has 0 spiro atoms. The zero-order chi connectivity index (χ0) is 7.84. The summed E-state index contributed by atoms with van der Waals surface area (Å²) in [5.74, 6) is 0. The summed E-state index contributed by atoms with van der Waals surface area (Å²) < 4.78 is 1.98. The molecule has 0 aliphatic rings.